The highest BCUT2D eigenvalue weighted by Gasteiger charge is 2.44. The van der Waals surface area contributed by atoms with Crippen LogP contribution in [0.4, 0.5) is 15.9 Å². The molecule has 5 aliphatic rings. The number of nitrogens with zero attached hydrogens (tertiary/aromatic N) is 5. The van der Waals surface area contributed by atoms with Crippen LogP contribution in [0.15, 0.2) is 60.8 Å². The monoisotopic (exact) mass is 733 g/mol. The van der Waals surface area contributed by atoms with E-state index in [1.165, 1.54) is 23.3 Å². The molecule has 2 unspecified atom stereocenters. The summed E-state index contributed by atoms with van der Waals surface area (Å²) in [5, 5.41) is 21.1. The van der Waals surface area contributed by atoms with E-state index in [4.69, 9.17) is 15.2 Å². The number of hydrogen-bond donors (Lipinski definition) is 3. The number of phenolic OH excluding ortho intramolecular Hbond substituents is 1. The van der Waals surface area contributed by atoms with E-state index < -0.39 is 11.6 Å². The van der Waals surface area contributed by atoms with Gasteiger partial charge in [-0.3, -0.25) is 24.8 Å². The second-order valence-corrected chi connectivity index (χ2v) is 15.3. The molecule has 4 aromatic rings. The number of pyridine rings is 1. The Balaban J connectivity index is 0.889. The minimum atomic E-state index is -0.730. The van der Waals surface area contributed by atoms with Gasteiger partial charge in [-0.15, -0.1) is 10.2 Å². The number of ether oxygens (including phenoxy) is 2. The summed E-state index contributed by atoms with van der Waals surface area (Å²) in [5.41, 5.74) is 11.4. The number of nitrogens with one attached hydrogen (secondary N) is 1. The number of aromatic nitrogens is 3. The number of halogens is 1. The van der Waals surface area contributed by atoms with Crippen molar-refractivity contribution < 1.29 is 28.6 Å². The largest absolute Gasteiger partial charge is 0.504 e. The average molecular weight is 734 g/mol. The lowest BCUT2D eigenvalue weighted by Crippen LogP contribution is -2.60. The zero-order valence-electron chi connectivity index (χ0n) is 30.0. The van der Waals surface area contributed by atoms with Gasteiger partial charge in [-0.05, 0) is 104 Å². The summed E-state index contributed by atoms with van der Waals surface area (Å²) < 4.78 is 26.6. The maximum atomic E-state index is 14.1. The van der Waals surface area contributed by atoms with Gasteiger partial charge in [0.25, 0.3) is 0 Å². The number of amides is 2. The van der Waals surface area contributed by atoms with Crippen molar-refractivity contribution in [1.82, 2.24) is 25.4 Å². The molecule has 4 fully saturated rings. The number of carbonyl (C=O) groups is 2. The van der Waals surface area contributed by atoms with Crippen molar-refractivity contribution in [2.45, 2.75) is 87.4 Å². The zero-order chi connectivity index (χ0) is 36.9. The lowest BCUT2D eigenvalue weighted by atomic mass is 9.76. The number of phenols is 1. The minimum absolute atomic E-state index is 0.201. The van der Waals surface area contributed by atoms with Crippen LogP contribution in [0.1, 0.15) is 74.3 Å². The molecule has 3 saturated heterocycles. The highest BCUT2D eigenvalue weighted by atomic mass is 19.1. The van der Waals surface area contributed by atoms with Crippen molar-refractivity contribution in [3.8, 4) is 34.0 Å². The number of morpholine rings is 1. The first-order valence-electron chi connectivity index (χ1n) is 19.1. The van der Waals surface area contributed by atoms with Crippen LogP contribution in [0.3, 0.4) is 0 Å². The summed E-state index contributed by atoms with van der Waals surface area (Å²) in [6, 6.07) is 17.2. The van der Waals surface area contributed by atoms with Gasteiger partial charge >= 0.3 is 0 Å². The molecular weight excluding hydrogens is 689 g/mol. The van der Waals surface area contributed by atoms with Crippen molar-refractivity contribution in [2.75, 3.05) is 37.0 Å². The molecule has 2 bridgehead atoms. The lowest BCUT2D eigenvalue weighted by molar-refractivity contribution is -0.134. The highest BCUT2D eigenvalue weighted by Crippen LogP contribution is 2.47. The molecule has 2 amide bonds. The fourth-order valence-corrected chi connectivity index (χ4v) is 9.72. The number of nitrogen functional groups attached to an aromatic ring is 1. The number of piperidine rings is 2. The standard InChI is InChI=1S/C41H44FN7O5/c42-32-5-1-4-30(38(32)51)34-20-31(40(43)47-46-34)33-19-24(13-14-44-33)25-17-27-21-53-22-28(18-25)49(27)26-9-7-23(8-10-26)29-3-2-6-35-39(29)54-16-15-48(35)36-11-12-37(50)45-41(36)52/h1-6,13-14,19-20,23,25-28,36,51H,7-12,15-18,21-22H2,(H2,43,47)(H,45,50,52)/t23?,25?,26?,27-,28+,36?. The molecule has 1 aliphatic carbocycles. The predicted molar refractivity (Wildman–Crippen MR) is 199 cm³/mol. The van der Waals surface area contributed by atoms with Crippen LogP contribution in [0.5, 0.6) is 11.5 Å². The normalized spacial score (nSPS) is 27.2. The van der Waals surface area contributed by atoms with Gasteiger partial charge in [-0.2, -0.15) is 0 Å². The second kappa shape index (κ2) is 14.3. The summed E-state index contributed by atoms with van der Waals surface area (Å²) in [5.74, 6) is 0.171. The molecule has 2 aromatic carbocycles. The van der Waals surface area contributed by atoms with E-state index in [0.29, 0.717) is 86.1 Å². The Morgan fingerprint density at radius 2 is 1.67 bits per heavy atom. The van der Waals surface area contributed by atoms with E-state index in [2.05, 4.69) is 54.6 Å². The maximum Gasteiger partial charge on any atom is 0.249 e. The van der Waals surface area contributed by atoms with Crippen LogP contribution in [-0.2, 0) is 14.3 Å². The number of nitrogens with two attached hydrogens (primary N) is 1. The van der Waals surface area contributed by atoms with Gasteiger partial charge in [0, 0.05) is 41.9 Å². The number of rotatable bonds is 6. The molecule has 0 spiro atoms. The van der Waals surface area contributed by atoms with Crippen LogP contribution in [0, 0.1) is 5.82 Å². The Hall–Kier alpha value is -5.14. The Kier molecular flexibility index (Phi) is 9.14. The lowest BCUT2D eigenvalue weighted by Gasteiger charge is -2.53. The molecule has 1 saturated carbocycles. The van der Waals surface area contributed by atoms with Crippen molar-refractivity contribution in [3.63, 3.8) is 0 Å². The Morgan fingerprint density at radius 1 is 0.870 bits per heavy atom. The fraction of sp³-hybridized carbons (Fsp3) is 0.439. The van der Waals surface area contributed by atoms with Gasteiger partial charge in [-0.1, -0.05) is 18.2 Å². The minimum Gasteiger partial charge on any atom is -0.504 e. The van der Waals surface area contributed by atoms with Crippen molar-refractivity contribution in [1.29, 1.82) is 0 Å². The number of hydrogen-bond acceptors (Lipinski definition) is 11. The van der Waals surface area contributed by atoms with E-state index in [-0.39, 0.29) is 29.2 Å². The number of para-hydroxylation sites is 2. The van der Waals surface area contributed by atoms with Gasteiger partial charge in [-0.25, -0.2) is 4.39 Å². The quantitative estimate of drug-likeness (QED) is 0.221. The first kappa shape index (κ1) is 34.6. The maximum absolute atomic E-state index is 14.1. The molecule has 13 heteroatoms. The predicted octanol–water partition coefficient (Wildman–Crippen LogP) is 5.31. The van der Waals surface area contributed by atoms with Crippen molar-refractivity contribution in [2.24, 2.45) is 0 Å². The number of imide groups is 1. The molecule has 4 aliphatic heterocycles. The van der Waals surface area contributed by atoms with E-state index >= 15 is 0 Å². The highest BCUT2D eigenvalue weighted by molar-refractivity contribution is 6.02. The van der Waals surface area contributed by atoms with Gasteiger partial charge in [0.05, 0.1) is 36.8 Å². The molecule has 12 nitrogen and oxygen atoms in total. The Bertz CT molecular complexity index is 2080. The van der Waals surface area contributed by atoms with Gasteiger partial charge < -0.3 is 25.2 Å². The summed E-state index contributed by atoms with van der Waals surface area (Å²) in [4.78, 5) is 34.1. The van der Waals surface area contributed by atoms with Crippen LogP contribution >= 0.6 is 0 Å². The van der Waals surface area contributed by atoms with Gasteiger partial charge in [0.15, 0.2) is 17.4 Å². The molecule has 0 radical (unpaired) electrons. The summed E-state index contributed by atoms with van der Waals surface area (Å²) in [7, 11) is 0. The average Bonchev–Trinajstić information content (AvgIpc) is 3.18. The number of benzene rings is 2. The smallest absolute Gasteiger partial charge is 0.249 e. The van der Waals surface area contributed by atoms with Crippen LogP contribution in [-0.4, -0.2) is 87.5 Å². The van der Waals surface area contributed by atoms with E-state index in [0.717, 1.165) is 50.0 Å². The Labute approximate surface area is 312 Å². The van der Waals surface area contributed by atoms with Crippen molar-refractivity contribution in [3.05, 3.63) is 77.7 Å². The Morgan fingerprint density at radius 3 is 2.46 bits per heavy atom. The molecule has 54 heavy (non-hydrogen) atoms. The summed E-state index contributed by atoms with van der Waals surface area (Å²) in [6.45, 7) is 2.56. The third-order valence-corrected chi connectivity index (χ3v) is 12.3. The fourth-order valence-electron chi connectivity index (χ4n) is 9.72. The summed E-state index contributed by atoms with van der Waals surface area (Å²) in [6.07, 6.45) is 8.95. The molecular formula is C41H44FN7O5. The molecule has 9 rings (SSSR count). The van der Waals surface area contributed by atoms with Crippen LogP contribution in [0.25, 0.3) is 22.5 Å². The number of anilines is 2. The first-order valence-corrected chi connectivity index (χ1v) is 19.1. The third kappa shape index (κ3) is 6.32. The number of carbonyl (C=O) groups excluding carboxylic acids is 2. The van der Waals surface area contributed by atoms with E-state index in [1.54, 1.807) is 18.3 Å². The van der Waals surface area contributed by atoms with E-state index in [1.807, 2.05) is 6.07 Å². The third-order valence-electron chi connectivity index (χ3n) is 12.3. The molecule has 6 heterocycles. The zero-order valence-corrected chi connectivity index (χ0v) is 30.0. The van der Waals surface area contributed by atoms with Crippen LogP contribution < -0.4 is 20.7 Å². The summed E-state index contributed by atoms with van der Waals surface area (Å²) >= 11 is 0. The first-order chi connectivity index (χ1) is 26.3. The molecule has 4 atom stereocenters. The van der Waals surface area contributed by atoms with E-state index in [9.17, 15) is 19.1 Å². The van der Waals surface area contributed by atoms with Crippen LogP contribution in [0.2, 0.25) is 0 Å². The SMILES string of the molecule is Nc1nnc(-c2cccc(F)c2O)cc1-c1cc(C2C[C@H]3COC[C@@H](C2)N3C2CCC(c3cccc4c3OCCN4C3CCC(=O)NC3=O)CC2)ccn1. The number of aromatic hydroxyl groups is 1. The number of fused-ring (bicyclic) bond motifs is 3. The van der Waals surface area contributed by atoms with Crippen molar-refractivity contribution >= 4 is 23.3 Å². The van der Waals surface area contributed by atoms with Gasteiger partial charge in [0.1, 0.15) is 18.4 Å². The molecule has 4 N–H and O–H groups in total. The second-order valence-electron chi connectivity index (χ2n) is 15.3. The van der Waals surface area contributed by atoms with Gasteiger partial charge in [0.2, 0.25) is 11.8 Å². The topological polar surface area (TPSA) is 156 Å². The molecule has 2 aromatic heterocycles. The molecule has 280 valence electrons.